The Morgan fingerprint density at radius 1 is 1.10 bits per heavy atom. The van der Waals surface area contributed by atoms with E-state index >= 15 is 0 Å². The lowest BCUT2D eigenvalue weighted by Crippen LogP contribution is -2.05. The molecule has 0 radical (unpaired) electrons. The summed E-state index contributed by atoms with van der Waals surface area (Å²) >= 11 is 5.92. The number of imidazole rings is 1. The summed E-state index contributed by atoms with van der Waals surface area (Å²) in [5.74, 6) is 0.866. The first-order valence-electron chi connectivity index (χ1n) is 6.12. The Balaban J connectivity index is 2.24. The molecule has 0 fully saturated rings. The summed E-state index contributed by atoms with van der Waals surface area (Å²) in [5.41, 5.74) is 4.23. The number of rotatable bonds is 2. The number of nitrogens with zero attached hydrogens (tertiary/aromatic N) is 5. The molecule has 1 N–H and O–H groups in total. The predicted molar refractivity (Wildman–Crippen MR) is 78.5 cm³/mol. The van der Waals surface area contributed by atoms with E-state index in [1.165, 1.54) is 11.1 Å². The third-order valence-electron chi connectivity index (χ3n) is 3.20. The smallest absolute Gasteiger partial charge is 0.241 e. The standard InChI is InChI=1S/C13H13ClN6/c1-7-4-9-10(5-8(7)2)20(6-16-9)13-18-11(14)17-12(15-3)19-13/h4-6H,1-3H3,(H,15,17,18,19). The Hall–Kier alpha value is -2.21. The van der Waals surface area contributed by atoms with Crippen LogP contribution in [0, 0.1) is 13.8 Å². The average molecular weight is 289 g/mol. The van der Waals surface area contributed by atoms with Gasteiger partial charge in [0.25, 0.3) is 0 Å². The van der Waals surface area contributed by atoms with Gasteiger partial charge >= 0.3 is 0 Å². The van der Waals surface area contributed by atoms with Crippen LogP contribution in [0.25, 0.3) is 17.0 Å². The maximum absolute atomic E-state index is 5.92. The van der Waals surface area contributed by atoms with Crippen LogP contribution in [0.3, 0.4) is 0 Å². The molecule has 102 valence electrons. The van der Waals surface area contributed by atoms with Crippen LogP contribution in [0.5, 0.6) is 0 Å². The number of fused-ring (bicyclic) bond motifs is 1. The van der Waals surface area contributed by atoms with E-state index in [2.05, 4.69) is 45.2 Å². The van der Waals surface area contributed by atoms with Crippen molar-refractivity contribution in [1.29, 1.82) is 0 Å². The second-order valence-electron chi connectivity index (χ2n) is 4.52. The Labute approximate surface area is 120 Å². The maximum Gasteiger partial charge on any atom is 0.241 e. The van der Waals surface area contributed by atoms with Crippen LogP contribution in [0.1, 0.15) is 11.1 Å². The van der Waals surface area contributed by atoms with Crippen LogP contribution in [-0.2, 0) is 0 Å². The number of benzene rings is 1. The lowest BCUT2D eigenvalue weighted by Gasteiger charge is -2.06. The van der Waals surface area contributed by atoms with Crippen molar-refractivity contribution in [3.05, 3.63) is 34.9 Å². The molecule has 2 heterocycles. The molecule has 0 bridgehead atoms. The van der Waals surface area contributed by atoms with Gasteiger partial charge in [0.05, 0.1) is 11.0 Å². The largest absolute Gasteiger partial charge is 0.357 e. The number of anilines is 1. The summed E-state index contributed by atoms with van der Waals surface area (Å²) in [5, 5.41) is 3.00. The van der Waals surface area contributed by atoms with Gasteiger partial charge in [-0.25, -0.2) is 4.98 Å². The molecular formula is C13H13ClN6. The minimum absolute atomic E-state index is 0.144. The van der Waals surface area contributed by atoms with E-state index in [0.717, 1.165) is 11.0 Å². The molecule has 0 aliphatic carbocycles. The van der Waals surface area contributed by atoms with Crippen molar-refractivity contribution in [1.82, 2.24) is 24.5 Å². The van der Waals surface area contributed by atoms with Gasteiger partial charge in [-0.05, 0) is 48.7 Å². The lowest BCUT2D eigenvalue weighted by molar-refractivity contribution is 0.915. The highest BCUT2D eigenvalue weighted by atomic mass is 35.5. The molecule has 3 aromatic rings. The van der Waals surface area contributed by atoms with E-state index in [4.69, 9.17) is 11.6 Å². The van der Waals surface area contributed by atoms with Crippen LogP contribution in [-0.4, -0.2) is 31.6 Å². The average Bonchev–Trinajstić information content (AvgIpc) is 2.81. The fourth-order valence-corrected chi connectivity index (χ4v) is 2.14. The SMILES string of the molecule is CNc1nc(Cl)nc(-n2cnc3cc(C)c(C)cc32)n1. The number of aromatic nitrogens is 5. The van der Waals surface area contributed by atoms with Crippen LogP contribution in [0.15, 0.2) is 18.5 Å². The fraction of sp³-hybridized carbons (Fsp3) is 0.231. The van der Waals surface area contributed by atoms with Crippen molar-refractivity contribution in [3.8, 4) is 5.95 Å². The first kappa shape index (κ1) is 12.8. The van der Waals surface area contributed by atoms with Gasteiger partial charge in [-0.1, -0.05) is 0 Å². The molecule has 0 aliphatic heterocycles. The minimum Gasteiger partial charge on any atom is -0.357 e. The Morgan fingerprint density at radius 3 is 2.60 bits per heavy atom. The van der Waals surface area contributed by atoms with Crippen LogP contribution >= 0.6 is 11.6 Å². The summed E-state index contributed by atoms with van der Waals surface area (Å²) in [6, 6.07) is 4.11. The van der Waals surface area contributed by atoms with Crippen LogP contribution in [0.2, 0.25) is 5.28 Å². The van der Waals surface area contributed by atoms with E-state index < -0.39 is 0 Å². The zero-order valence-corrected chi connectivity index (χ0v) is 12.1. The molecule has 1 aromatic carbocycles. The molecular weight excluding hydrogens is 276 g/mol. The van der Waals surface area contributed by atoms with Gasteiger partial charge in [0.1, 0.15) is 6.33 Å². The predicted octanol–water partition coefficient (Wildman–Crippen LogP) is 2.52. The van der Waals surface area contributed by atoms with E-state index in [9.17, 15) is 0 Å². The molecule has 0 unspecified atom stereocenters. The zero-order chi connectivity index (χ0) is 14.3. The van der Waals surface area contributed by atoms with Crippen molar-refractivity contribution in [2.24, 2.45) is 0 Å². The quantitative estimate of drug-likeness (QED) is 0.785. The Kier molecular flexibility index (Phi) is 3.02. The molecule has 7 heteroatoms. The highest BCUT2D eigenvalue weighted by Crippen LogP contribution is 2.21. The first-order valence-corrected chi connectivity index (χ1v) is 6.50. The number of hydrogen-bond donors (Lipinski definition) is 1. The zero-order valence-electron chi connectivity index (χ0n) is 11.3. The maximum atomic E-state index is 5.92. The lowest BCUT2D eigenvalue weighted by atomic mass is 10.1. The Morgan fingerprint density at radius 2 is 1.85 bits per heavy atom. The molecule has 0 saturated carbocycles. The molecule has 20 heavy (non-hydrogen) atoms. The molecule has 0 aliphatic rings. The molecule has 2 aromatic heterocycles. The van der Waals surface area contributed by atoms with Gasteiger partial charge in [0.15, 0.2) is 0 Å². The van der Waals surface area contributed by atoms with Crippen molar-refractivity contribution in [2.45, 2.75) is 13.8 Å². The van der Waals surface area contributed by atoms with E-state index in [0.29, 0.717) is 11.9 Å². The van der Waals surface area contributed by atoms with Crippen LogP contribution in [0.4, 0.5) is 5.95 Å². The highest BCUT2D eigenvalue weighted by molar-refractivity contribution is 6.28. The summed E-state index contributed by atoms with van der Waals surface area (Å²) in [6.07, 6.45) is 1.69. The molecule has 6 nitrogen and oxygen atoms in total. The van der Waals surface area contributed by atoms with E-state index in [1.54, 1.807) is 17.9 Å². The molecule has 0 atom stereocenters. The van der Waals surface area contributed by atoms with E-state index in [1.807, 2.05) is 6.07 Å². The van der Waals surface area contributed by atoms with Crippen LogP contribution < -0.4 is 5.32 Å². The van der Waals surface area contributed by atoms with Gasteiger partial charge in [-0.15, -0.1) is 0 Å². The fourth-order valence-electron chi connectivity index (χ4n) is 1.98. The molecule has 3 rings (SSSR count). The van der Waals surface area contributed by atoms with Gasteiger partial charge in [-0.3, -0.25) is 4.57 Å². The minimum atomic E-state index is 0.144. The van der Waals surface area contributed by atoms with Crippen molar-refractivity contribution < 1.29 is 0 Å². The van der Waals surface area contributed by atoms with Gasteiger partial charge < -0.3 is 5.32 Å². The van der Waals surface area contributed by atoms with Gasteiger partial charge in [0, 0.05) is 7.05 Å². The van der Waals surface area contributed by atoms with Gasteiger partial charge in [0.2, 0.25) is 17.2 Å². The monoisotopic (exact) mass is 288 g/mol. The number of halogens is 1. The summed E-state index contributed by atoms with van der Waals surface area (Å²) in [7, 11) is 1.73. The summed E-state index contributed by atoms with van der Waals surface area (Å²) in [4.78, 5) is 16.8. The number of hydrogen-bond acceptors (Lipinski definition) is 5. The normalized spacial score (nSPS) is 11.0. The molecule has 0 amide bonds. The first-order chi connectivity index (χ1) is 9.58. The Bertz CT molecular complexity index is 795. The topological polar surface area (TPSA) is 68.5 Å². The molecule has 0 spiro atoms. The van der Waals surface area contributed by atoms with Crippen molar-refractivity contribution >= 4 is 28.6 Å². The highest BCUT2D eigenvalue weighted by Gasteiger charge is 2.11. The molecule has 0 saturated heterocycles. The number of aryl methyl sites for hydroxylation is 2. The third kappa shape index (κ3) is 2.08. The second kappa shape index (κ2) is 4.72. The summed E-state index contributed by atoms with van der Waals surface area (Å²) in [6.45, 7) is 4.12. The third-order valence-corrected chi connectivity index (χ3v) is 3.37. The second-order valence-corrected chi connectivity index (χ2v) is 4.86. The number of nitrogens with one attached hydrogen (secondary N) is 1. The van der Waals surface area contributed by atoms with Gasteiger partial charge in [-0.2, -0.15) is 15.0 Å². The van der Waals surface area contributed by atoms with E-state index in [-0.39, 0.29) is 5.28 Å². The van der Waals surface area contributed by atoms with Crippen molar-refractivity contribution in [3.63, 3.8) is 0 Å². The van der Waals surface area contributed by atoms with Crippen molar-refractivity contribution in [2.75, 3.05) is 12.4 Å². The summed E-state index contributed by atoms with van der Waals surface area (Å²) < 4.78 is 1.80.